The standard InChI is InChI=1S/C14H22ClNO4/c1-11-8-13(2-3-14(11)15)20-10-12(19)9-16(4-6-17)5-7-18/h2-3,8,12,17-19H,4-7,9-10H2,1H3/t12-/m1/s1. The number of aliphatic hydroxyl groups is 3. The maximum absolute atomic E-state index is 9.90. The van der Waals surface area contributed by atoms with Gasteiger partial charge in [0, 0.05) is 24.7 Å². The molecule has 0 saturated carbocycles. The van der Waals surface area contributed by atoms with E-state index in [4.69, 9.17) is 26.6 Å². The lowest BCUT2D eigenvalue weighted by molar-refractivity contribution is 0.0552. The summed E-state index contributed by atoms with van der Waals surface area (Å²) in [5.74, 6) is 0.654. The number of hydrogen-bond acceptors (Lipinski definition) is 5. The monoisotopic (exact) mass is 303 g/mol. The second kappa shape index (κ2) is 9.15. The van der Waals surface area contributed by atoms with Gasteiger partial charge in [-0.15, -0.1) is 0 Å². The molecule has 114 valence electrons. The van der Waals surface area contributed by atoms with Crippen molar-refractivity contribution in [3.63, 3.8) is 0 Å². The number of aryl methyl sites for hydroxylation is 1. The molecule has 0 spiro atoms. The highest BCUT2D eigenvalue weighted by molar-refractivity contribution is 6.31. The minimum atomic E-state index is -0.691. The number of halogens is 1. The van der Waals surface area contributed by atoms with Gasteiger partial charge in [0.2, 0.25) is 0 Å². The second-order valence-corrected chi connectivity index (χ2v) is 5.03. The van der Waals surface area contributed by atoms with E-state index >= 15 is 0 Å². The fourth-order valence-electron chi connectivity index (χ4n) is 1.83. The molecule has 0 bridgehead atoms. The van der Waals surface area contributed by atoms with Crippen molar-refractivity contribution in [2.24, 2.45) is 0 Å². The smallest absolute Gasteiger partial charge is 0.119 e. The summed E-state index contributed by atoms with van der Waals surface area (Å²) in [4.78, 5) is 1.78. The van der Waals surface area contributed by atoms with Crippen molar-refractivity contribution >= 4 is 11.6 Å². The number of hydrogen-bond donors (Lipinski definition) is 3. The molecule has 0 aliphatic heterocycles. The zero-order valence-electron chi connectivity index (χ0n) is 11.6. The zero-order valence-corrected chi connectivity index (χ0v) is 12.4. The van der Waals surface area contributed by atoms with Crippen LogP contribution in [0.25, 0.3) is 0 Å². The van der Waals surface area contributed by atoms with E-state index < -0.39 is 6.10 Å². The van der Waals surface area contributed by atoms with Gasteiger partial charge in [0.25, 0.3) is 0 Å². The van der Waals surface area contributed by atoms with E-state index in [1.54, 1.807) is 17.0 Å². The molecule has 1 aromatic carbocycles. The Morgan fingerprint density at radius 2 is 1.90 bits per heavy atom. The summed E-state index contributed by atoms with van der Waals surface area (Å²) in [6.45, 7) is 3.18. The van der Waals surface area contributed by atoms with Crippen molar-refractivity contribution < 1.29 is 20.1 Å². The van der Waals surface area contributed by atoms with Crippen molar-refractivity contribution in [3.8, 4) is 5.75 Å². The van der Waals surface area contributed by atoms with E-state index in [0.717, 1.165) is 5.56 Å². The topological polar surface area (TPSA) is 73.2 Å². The Kier molecular flexibility index (Phi) is 7.87. The Labute approximate surface area is 124 Å². The number of aliphatic hydroxyl groups excluding tert-OH is 3. The van der Waals surface area contributed by atoms with E-state index in [0.29, 0.717) is 30.4 Å². The summed E-state index contributed by atoms with van der Waals surface area (Å²) in [6, 6.07) is 5.32. The third-order valence-electron chi connectivity index (χ3n) is 2.87. The quantitative estimate of drug-likeness (QED) is 0.625. The van der Waals surface area contributed by atoms with Crippen molar-refractivity contribution in [2.45, 2.75) is 13.0 Å². The molecule has 6 heteroatoms. The van der Waals surface area contributed by atoms with Crippen LogP contribution in [0, 0.1) is 6.92 Å². The average molecular weight is 304 g/mol. The molecular weight excluding hydrogens is 282 g/mol. The van der Waals surface area contributed by atoms with Gasteiger partial charge in [0.05, 0.1) is 13.2 Å². The molecule has 0 aliphatic carbocycles. The van der Waals surface area contributed by atoms with Crippen LogP contribution in [0.2, 0.25) is 5.02 Å². The third-order valence-corrected chi connectivity index (χ3v) is 3.30. The highest BCUT2D eigenvalue weighted by Gasteiger charge is 2.12. The Hall–Kier alpha value is -0.850. The first-order valence-electron chi connectivity index (χ1n) is 6.58. The maximum atomic E-state index is 9.90. The minimum Gasteiger partial charge on any atom is -0.491 e. The average Bonchev–Trinajstić information content (AvgIpc) is 2.41. The molecule has 0 aliphatic rings. The molecule has 1 rings (SSSR count). The largest absolute Gasteiger partial charge is 0.491 e. The third kappa shape index (κ3) is 6.07. The summed E-state index contributed by atoms with van der Waals surface area (Å²) < 4.78 is 5.50. The van der Waals surface area contributed by atoms with Crippen LogP contribution in [0.15, 0.2) is 18.2 Å². The van der Waals surface area contributed by atoms with Crippen LogP contribution in [0.1, 0.15) is 5.56 Å². The van der Waals surface area contributed by atoms with Crippen LogP contribution >= 0.6 is 11.6 Å². The van der Waals surface area contributed by atoms with Gasteiger partial charge in [0.1, 0.15) is 18.5 Å². The predicted octanol–water partition coefficient (Wildman–Crippen LogP) is 0.675. The van der Waals surface area contributed by atoms with Gasteiger partial charge in [-0.3, -0.25) is 4.90 Å². The van der Waals surface area contributed by atoms with Crippen LogP contribution in [0.5, 0.6) is 5.75 Å². The first kappa shape index (κ1) is 17.2. The Morgan fingerprint density at radius 3 is 2.45 bits per heavy atom. The molecule has 3 N–H and O–H groups in total. The molecule has 0 amide bonds. The molecule has 20 heavy (non-hydrogen) atoms. The van der Waals surface area contributed by atoms with Gasteiger partial charge in [-0.2, -0.15) is 0 Å². The lowest BCUT2D eigenvalue weighted by atomic mass is 10.2. The normalized spacial score (nSPS) is 12.7. The fourth-order valence-corrected chi connectivity index (χ4v) is 1.94. The van der Waals surface area contributed by atoms with Crippen LogP contribution < -0.4 is 4.74 Å². The predicted molar refractivity (Wildman–Crippen MR) is 78.3 cm³/mol. The van der Waals surface area contributed by atoms with Crippen LogP contribution in [0.3, 0.4) is 0 Å². The second-order valence-electron chi connectivity index (χ2n) is 4.62. The zero-order chi connectivity index (χ0) is 15.0. The Balaban J connectivity index is 2.41. The van der Waals surface area contributed by atoms with Crippen LogP contribution in [-0.2, 0) is 0 Å². The van der Waals surface area contributed by atoms with E-state index in [1.807, 2.05) is 13.0 Å². The number of benzene rings is 1. The van der Waals surface area contributed by atoms with Gasteiger partial charge in [0.15, 0.2) is 0 Å². The van der Waals surface area contributed by atoms with Crippen LogP contribution in [0.4, 0.5) is 0 Å². The molecule has 1 aromatic rings. The van der Waals surface area contributed by atoms with Gasteiger partial charge < -0.3 is 20.1 Å². The molecule has 5 nitrogen and oxygen atoms in total. The number of nitrogens with zero attached hydrogens (tertiary/aromatic N) is 1. The van der Waals surface area contributed by atoms with E-state index in [-0.39, 0.29) is 19.8 Å². The molecule has 0 saturated heterocycles. The molecular formula is C14H22ClNO4. The highest BCUT2D eigenvalue weighted by Crippen LogP contribution is 2.21. The van der Waals surface area contributed by atoms with E-state index in [9.17, 15) is 5.11 Å². The summed E-state index contributed by atoms with van der Waals surface area (Å²) in [5, 5.41) is 28.4. The first-order valence-corrected chi connectivity index (χ1v) is 6.95. The summed E-state index contributed by atoms with van der Waals surface area (Å²) in [6.07, 6.45) is -0.691. The molecule has 0 unspecified atom stereocenters. The SMILES string of the molecule is Cc1cc(OC[C@H](O)CN(CCO)CCO)ccc1Cl. The van der Waals surface area contributed by atoms with Gasteiger partial charge in [-0.05, 0) is 30.7 Å². The van der Waals surface area contributed by atoms with Crippen molar-refractivity contribution in [1.29, 1.82) is 0 Å². The molecule has 0 radical (unpaired) electrons. The van der Waals surface area contributed by atoms with E-state index in [2.05, 4.69) is 0 Å². The van der Waals surface area contributed by atoms with Crippen molar-refractivity contribution in [3.05, 3.63) is 28.8 Å². The molecule has 0 fully saturated rings. The van der Waals surface area contributed by atoms with Gasteiger partial charge in [-0.25, -0.2) is 0 Å². The Bertz CT molecular complexity index is 397. The summed E-state index contributed by atoms with van der Waals surface area (Å²) in [7, 11) is 0. The highest BCUT2D eigenvalue weighted by atomic mass is 35.5. The molecule has 0 heterocycles. The van der Waals surface area contributed by atoms with Gasteiger partial charge >= 0.3 is 0 Å². The fraction of sp³-hybridized carbons (Fsp3) is 0.571. The lowest BCUT2D eigenvalue weighted by Gasteiger charge is -2.23. The maximum Gasteiger partial charge on any atom is 0.119 e. The summed E-state index contributed by atoms with van der Waals surface area (Å²) in [5.41, 5.74) is 0.917. The number of rotatable bonds is 9. The lowest BCUT2D eigenvalue weighted by Crippen LogP contribution is -2.38. The summed E-state index contributed by atoms with van der Waals surface area (Å²) >= 11 is 5.92. The van der Waals surface area contributed by atoms with Crippen molar-refractivity contribution in [1.82, 2.24) is 4.90 Å². The molecule has 0 aromatic heterocycles. The first-order chi connectivity index (χ1) is 9.56. The van der Waals surface area contributed by atoms with Gasteiger partial charge in [-0.1, -0.05) is 11.6 Å². The molecule has 1 atom stereocenters. The van der Waals surface area contributed by atoms with Crippen molar-refractivity contribution in [2.75, 3.05) is 39.5 Å². The Morgan fingerprint density at radius 1 is 1.25 bits per heavy atom. The number of ether oxygens (including phenoxy) is 1. The van der Waals surface area contributed by atoms with Crippen LogP contribution in [-0.4, -0.2) is 65.8 Å². The van der Waals surface area contributed by atoms with E-state index in [1.165, 1.54) is 0 Å². The minimum absolute atomic E-state index is 0.00996.